The Morgan fingerprint density at radius 3 is 2.46 bits per heavy atom. The van der Waals surface area contributed by atoms with E-state index in [0.29, 0.717) is 18.3 Å². The van der Waals surface area contributed by atoms with Crippen molar-refractivity contribution in [3.63, 3.8) is 0 Å². The van der Waals surface area contributed by atoms with Crippen LogP contribution < -0.4 is 15.4 Å². The maximum absolute atomic E-state index is 9.97. The lowest BCUT2D eigenvalue weighted by atomic mass is 10.1. The largest absolute Gasteiger partial charge is 0.508 e. The molecule has 0 saturated carbocycles. The second kappa shape index (κ2) is 10.9. The first-order valence-corrected chi connectivity index (χ1v) is 8.49. The first-order chi connectivity index (χ1) is 12.1. The molecule has 0 aromatic heterocycles. The number of hydrogen-bond donors (Lipinski definition) is 3. The van der Waals surface area contributed by atoms with Gasteiger partial charge in [0.1, 0.15) is 11.5 Å². The number of hydrogen-bond acceptors (Lipinski definition) is 3. The standard InChI is InChI=1S/C20H27N3O2.HI/c1-5-15-6-8-16(9-7-15)14(2)23-20(21-3)22-13-17-12-18(25-4)10-11-19(17)24;/h6-12,14,24H,5,13H2,1-4H3,(H2,21,22,23);1H. The van der Waals surface area contributed by atoms with Gasteiger partial charge in [0.15, 0.2) is 5.96 Å². The van der Waals surface area contributed by atoms with Crippen LogP contribution in [0.25, 0.3) is 0 Å². The van der Waals surface area contributed by atoms with Gasteiger partial charge in [-0.1, -0.05) is 31.2 Å². The predicted molar refractivity (Wildman–Crippen MR) is 118 cm³/mol. The van der Waals surface area contributed by atoms with Crippen LogP contribution in [0.4, 0.5) is 0 Å². The van der Waals surface area contributed by atoms with E-state index >= 15 is 0 Å². The van der Waals surface area contributed by atoms with Crippen LogP contribution in [-0.4, -0.2) is 25.2 Å². The Balaban J connectivity index is 0.00000338. The first kappa shape index (κ1) is 22.1. The van der Waals surface area contributed by atoms with E-state index in [0.717, 1.165) is 12.0 Å². The molecule has 0 radical (unpaired) electrons. The minimum atomic E-state index is 0. The molecule has 0 aliphatic rings. The molecule has 0 bridgehead atoms. The van der Waals surface area contributed by atoms with Crippen molar-refractivity contribution < 1.29 is 9.84 Å². The van der Waals surface area contributed by atoms with Gasteiger partial charge in [-0.3, -0.25) is 4.99 Å². The van der Waals surface area contributed by atoms with Crippen LogP contribution in [0, 0.1) is 0 Å². The summed E-state index contributed by atoms with van der Waals surface area (Å²) in [5.74, 6) is 1.61. The van der Waals surface area contributed by atoms with E-state index in [1.54, 1.807) is 26.3 Å². The Morgan fingerprint density at radius 1 is 1.19 bits per heavy atom. The zero-order valence-corrected chi connectivity index (χ0v) is 18.1. The van der Waals surface area contributed by atoms with Crippen molar-refractivity contribution in [2.45, 2.75) is 32.9 Å². The number of methoxy groups -OCH3 is 1. The number of rotatable bonds is 6. The molecule has 5 nitrogen and oxygen atoms in total. The Hall–Kier alpha value is -1.96. The molecule has 142 valence electrons. The predicted octanol–water partition coefficient (Wildman–Crippen LogP) is 4.01. The highest BCUT2D eigenvalue weighted by Crippen LogP contribution is 2.22. The van der Waals surface area contributed by atoms with Gasteiger partial charge in [0.2, 0.25) is 0 Å². The average molecular weight is 469 g/mol. The van der Waals surface area contributed by atoms with Crippen molar-refractivity contribution in [1.82, 2.24) is 10.6 Å². The molecule has 0 saturated heterocycles. The summed E-state index contributed by atoms with van der Waals surface area (Å²) in [5, 5.41) is 16.6. The summed E-state index contributed by atoms with van der Waals surface area (Å²) < 4.78 is 5.20. The molecule has 1 unspecified atom stereocenters. The Kier molecular flexibility index (Phi) is 9.26. The fourth-order valence-corrected chi connectivity index (χ4v) is 2.53. The number of aliphatic imine (C=N–C) groups is 1. The summed E-state index contributed by atoms with van der Waals surface area (Å²) in [6, 6.07) is 13.9. The van der Waals surface area contributed by atoms with Gasteiger partial charge < -0.3 is 20.5 Å². The number of aromatic hydroxyl groups is 1. The van der Waals surface area contributed by atoms with E-state index in [1.807, 2.05) is 6.07 Å². The molecule has 0 aliphatic carbocycles. The van der Waals surface area contributed by atoms with E-state index in [1.165, 1.54) is 11.1 Å². The second-order valence-electron chi connectivity index (χ2n) is 5.88. The normalized spacial score (nSPS) is 12.1. The molecule has 1 atom stereocenters. The summed E-state index contributed by atoms with van der Waals surface area (Å²) in [5.41, 5.74) is 3.28. The molecule has 6 heteroatoms. The lowest BCUT2D eigenvalue weighted by Crippen LogP contribution is -2.38. The van der Waals surface area contributed by atoms with Gasteiger partial charge in [-0.25, -0.2) is 0 Å². The molecule has 0 heterocycles. The van der Waals surface area contributed by atoms with Crippen LogP contribution in [0.15, 0.2) is 47.5 Å². The summed E-state index contributed by atoms with van der Waals surface area (Å²) in [4.78, 5) is 4.26. The van der Waals surface area contributed by atoms with Crippen molar-refractivity contribution in [3.8, 4) is 11.5 Å². The van der Waals surface area contributed by atoms with Gasteiger partial charge >= 0.3 is 0 Å². The van der Waals surface area contributed by atoms with Crippen LogP contribution in [0.3, 0.4) is 0 Å². The Labute approximate surface area is 172 Å². The Bertz CT molecular complexity index is 717. The van der Waals surface area contributed by atoms with Crippen molar-refractivity contribution in [2.24, 2.45) is 4.99 Å². The molecular formula is C20H28IN3O2. The number of ether oxygens (including phenoxy) is 1. The number of nitrogens with zero attached hydrogens (tertiary/aromatic N) is 1. The van der Waals surface area contributed by atoms with E-state index in [2.05, 4.69) is 53.7 Å². The minimum Gasteiger partial charge on any atom is -0.508 e. The summed E-state index contributed by atoms with van der Waals surface area (Å²) in [7, 11) is 3.34. The quantitative estimate of drug-likeness (QED) is 0.340. The van der Waals surface area contributed by atoms with E-state index in [-0.39, 0.29) is 35.8 Å². The highest BCUT2D eigenvalue weighted by Gasteiger charge is 2.09. The van der Waals surface area contributed by atoms with Gasteiger partial charge in [0.05, 0.1) is 13.2 Å². The zero-order chi connectivity index (χ0) is 18.2. The van der Waals surface area contributed by atoms with Gasteiger partial charge in [0.25, 0.3) is 0 Å². The third-order valence-corrected chi connectivity index (χ3v) is 4.20. The van der Waals surface area contributed by atoms with Gasteiger partial charge in [-0.05, 0) is 42.7 Å². The van der Waals surface area contributed by atoms with Crippen LogP contribution >= 0.6 is 24.0 Å². The van der Waals surface area contributed by atoms with Crippen molar-refractivity contribution >= 4 is 29.9 Å². The number of nitrogens with one attached hydrogen (secondary N) is 2. The monoisotopic (exact) mass is 469 g/mol. The second-order valence-corrected chi connectivity index (χ2v) is 5.88. The third-order valence-electron chi connectivity index (χ3n) is 4.20. The van der Waals surface area contributed by atoms with E-state index < -0.39 is 0 Å². The van der Waals surface area contributed by atoms with Gasteiger partial charge in [0, 0.05) is 19.2 Å². The molecule has 3 N–H and O–H groups in total. The molecule has 0 fully saturated rings. The van der Waals surface area contributed by atoms with Crippen molar-refractivity contribution in [2.75, 3.05) is 14.2 Å². The van der Waals surface area contributed by atoms with Crippen LogP contribution in [-0.2, 0) is 13.0 Å². The number of benzene rings is 2. The smallest absolute Gasteiger partial charge is 0.191 e. The molecular weight excluding hydrogens is 441 g/mol. The van der Waals surface area contributed by atoms with Crippen LogP contribution in [0.1, 0.15) is 36.6 Å². The Morgan fingerprint density at radius 2 is 1.88 bits per heavy atom. The van der Waals surface area contributed by atoms with Crippen LogP contribution in [0.5, 0.6) is 11.5 Å². The van der Waals surface area contributed by atoms with Gasteiger partial charge in [-0.15, -0.1) is 24.0 Å². The van der Waals surface area contributed by atoms with Crippen molar-refractivity contribution in [3.05, 3.63) is 59.2 Å². The molecule has 26 heavy (non-hydrogen) atoms. The highest BCUT2D eigenvalue weighted by molar-refractivity contribution is 14.0. The van der Waals surface area contributed by atoms with E-state index in [9.17, 15) is 5.11 Å². The van der Waals surface area contributed by atoms with Gasteiger partial charge in [-0.2, -0.15) is 0 Å². The average Bonchev–Trinajstić information content (AvgIpc) is 2.66. The lowest BCUT2D eigenvalue weighted by molar-refractivity contribution is 0.410. The summed E-state index contributed by atoms with van der Waals surface area (Å²) in [6.07, 6.45) is 1.04. The zero-order valence-electron chi connectivity index (χ0n) is 15.7. The molecule has 2 rings (SSSR count). The number of aryl methyl sites for hydroxylation is 1. The molecule has 0 aliphatic heterocycles. The summed E-state index contributed by atoms with van der Waals surface area (Å²) >= 11 is 0. The fourth-order valence-electron chi connectivity index (χ4n) is 2.53. The number of guanidine groups is 1. The maximum atomic E-state index is 9.97. The molecule has 0 spiro atoms. The minimum absolute atomic E-state index is 0. The SMILES string of the molecule is CCc1ccc(C(C)NC(=NC)NCc2cc(OC)ccc2O)cc1.I. The van der Waals surface area contributed by atoms with Crippen LogP contribution in [0.2, 0.25) is 0 Å². The fraction of sp³-hybridized carbons (Fsp3) is 0.350. The number of halogens is 1. The number of phenolic OH excluding ortho intramolecular Hbond substituents is 1. The summed E-state index contributed by atoms with van der Waals surface area (Å²) in [6.45, 7) is 4.69. The lowest BCUT2D eigenvalue weighted by Gasteiger charge is -2.19. The molecule has 2 aromatic carbocycles. The van der Waals surface area contributed by atoms with E-state index in [4.69, 9.17) is 4.74 Å². The third kappa shape index (κ3) is 6.09. The highest BCUT2D eigenvalue weighted by atomic mass is 127. The first-order valence-electron chi connectivity index (χ1n) is 8.49. The topological polar surface area (TPSA) is 65.9 Å². The molecule has 0 amide bonds. The van der Waals surface area contributed by atoms with Crippen molar-refractivity contribution in [1.29, 1.82) is 0 Å². The molecule has 2 aromatic rings. The maximum Gasteiger partial charge on any atom is 0.191 e. The number of phenols is 1.